The van der Waals surface area contributed by atoms with E-state index in [1.165, 1.54) is 11.8 Å². The molecule has 2 atom stereocenters. The number of carbonyl (C=O) groups excluding carboxylic acids is 2. The number of ether oxygens (including phenoxy) is 2. The third kappa shape index (κ3) is 5.77. The third-order valence-electron chi connectivity index (χ3n) is 6.94. The molecule has 0 bridgehead atoms. The van der Waals surface area contributed by atoms with E-state index in [9.17, 15) is 9.59 Å². The van der Waals surface area contributed by atoms with E-state index in [0.717, 1.165) is 25.7 Å². The van der Waals surface area contributed by atoms with Crippen LogP contribution in [0.25, 0.3) is 11.0 Å². The van der Waals surface area contributed by atoms with Gasteiger partial charge >= 0.3 is 6.09 Å². The fourth-order valence-electron chi connectivity index (χ4n) is 5.13. The molecule has 1 aliphatic heterocycles. The van der Waals surface area contributed by atoms with Gasteiger partial charge in [-0.25, -0.2) is 14.2 Å². The first-order valence-corrected chi connectivity index (χ1v) is 12.6. The zero-order valence-electron chi connectivity index (χ0n) is 21.3. The molecule has 2 aliphatic rings. The van der Waals surface area contributed by atoms with Crippen LogP contribution < -0.4 is 5.32 Å². The molecule has 2 amide bonds. The maximum absolute atomic E-state index is 15.9. The second-order valence-electron chi connectivity index (χ2n) is 10.9. The molecule has 1 unspecified atom stereocenters. The summed E-state index contributed by atoms with van der Waals surface area (Å²) in [5.41, 5.74) is 0.437. The van der Waals surface area contributed by atoms with Crippen molar-refractivity contribution in [1.29, 1.82) is 0 Å². The third-order valence-corrected chi connectivity index (χ3v) is 6.94. The standard InChI is InChI=1S/C26H37FN4O4/c1-15-6-8-17(9-7-15)22(28-16(2)32)24-29-19-11-10-18(21(27)23(19)30-24)20-14-34-13-12-31(20)25(33)35-26(3,4)5/h10-11,15,17,20,22H,6-9,12-14H2,1-5H3,(H,28,32)(H,29,30)/t15-,17-,20?,22-/m0/s1. The number of carbonyl (C=O) groups is 2. The summed E-state index contributed by atoms with van der Waals surface area (Å²) >= 11 is 0. The highest BCUT2D eigenvalue weighted by atomic mass is 19.1. The van der Waals surface area contributed by atoms with Crippen LogP contribution in [0.1, 0.15) is 83.8 Å². The number of aromatic nitrogens is 2. The number of benzene rings is 1. The van der Waals surface area contributed by atoms with Crippen molar-refractivity contribution in [3.05, 3.63) is 29.3 Å². The van der Waals surface area contributed by atoms with Crippen molar-refractivity contribution in [3.8, 4) is 0 Å². The van der Waals surface area contributed by atoms with Crippen molar-refractivity contribution in [1.82, 2.24) is 20.2 Å². The van der Waals surface area contributed by atoms with Crippen molar-refractivity contribution in [2.24, 2.45) is 11.8 Å². The molecule has 0 radical (unpaired) electrons. The van der Waals surface area contributed by atoms with Crippen LogP contribution in [0, 0.1) is 17.7 Å². The van der Waals surface area contributed by atoms with Crippen LogP contribution in [0.2, 0.25) is 0 Å². The first-order chi connectivity index (χ1) is 16.5. The number of aromatic amines is 1. The fraction of sp³-hybridized carbons (Fsp3) is 0.654. The average molecular weight is 489 g/mol. The molecule has 1 aromatic heterocycles. The van der Waals surface area contributed by atoms with Crippen molar-refractivity contribution < 1.29 is 23.5 Å². The molecule has 4 rings (SSSR count). The summed E-state index contributed by atoms with van der Waals surface area (Å²) in [5.74, 6) is 0.850. The molecule has 1 aromatic carbocycles. The fourth-order valence-corrected chi connectivity index (χ4v) is 5.13. The Morgan fingerprint density at radius 3 is 2.63 bits per heavy atom. The predicted molar refractivity (Wildman–Crippen MR) is 130 cm³/mol. The summed E-state index contributed by atoms with van der Waals surface area (Å²) in [4.78, 5) is 34.2. The normalized spacial score (nSPS) is 24.3. The van der Waals surface area contributed by atoms with Gasteiger partial charge in [0.15, 0.2) is 5.82 Å². The maximum atomic E-state index is 15.9. The second kappa shape index (κ2) is 10.1. The molecule has 2 heterocycles. The second-order valence-corrected chi connectivity index (χ2v) is 10.9. The molecule has 8 nitrogen and oxygen atoms in total. The first kappa shape index (κ1) is 25.4. The van der Waals surface area contributed by atoms with Crippen molar-refractivity contribution in [2.45, 2.75) is 78.0 Å². The Hall–Kier alpha value is -2.68. The van der Waals surface area contributed by atoms with Crippen molar-refractivity contribution in [3.63, 3.8) is 0 Å². The first-order valence-electron chi connectivity index (χ1n) is 12.6. The summed E-state index contributed by atoms with van der Waals surface area (Å²) in [6.07, 6.45) is 3.68. The molecule has 9 heteroatoms. The largest absolute Gasteiger partial charge is 0.444 e. The van der Waals surface area contributed by atoms with Crippen LogP contribution in [0.4, 0.5) is 9.18 Å². The van der Waals surface area contributed by atoms with E-state index in [2.05, 4.69) is 22.2 Å². The smallest absolute Gasteiger partial charge is 0.410 e. The van der Waals surface area contributed by atoms with Gasteiger partial charge in [-0.05, 0) is 51.5 Å². The van der Waals surface area contributed by atoms with E-state index < -0.39 is 23.6 Å². The summed E-state index contributed by atoms with van der Waals surface area (Å²) in [7, 11) is 0. The Morgan fingerprint density at radius 2 is 1.97 bits per heavy atom. The summed E-state index contributed by atoms with van der Waals surface area (Å²) in [6.45, 7) is 10.0. The zero-order chi connectivity index (χ0) is 25.3. The van der Waals surface area contributed by atoms with Crippen LogP contribution in [0.3, 0.4) is 0 Å². The van der Waals surface area contributed by atoms with Gasteiger partial charge in [-0.1, -0.05) is 25.8 Å². The van der Waals surface area contributed by atoms with Gasteiger partial charge in [0.1, 0.15) is 16.9 Å². The lowest BCUT2D eigenvalue weighted by molar-refractivity contribution is -0.120. The highest BCUT2D eigenvalue weighted by molar-refractivity contribution is 5.78. The lowest BCUT2D eigenvalue weighted by Crippen LogP contribution is -2.46. The van der Waals surface area contributed by atoms with Gasteiger partial charge < -0.3 is 19.8 Å². The average Bonchev–Trinajstić information content (AvgIpc) is 3.22. The lowest BCUT2D eigenvalue weighted by atomic mass is 9.79. The number of rotatable bonds is 4. The number of hydrogen-bond acceptors (Lipinski definition) is 5. The van der Waals surface area contributed by atoms with Gasteiger partial charge in [0, 0.05) is 19.0 Å². The van der Waals surface area contributed by atoms with E-state index >= 15 is 4.39 Å². The molecule has 1 saturated heterocycles. The number of imidazole rings is 1. The van der Waals surface area contributed by atoms with Crippen LogP contribution in [0.5, 0.6) is 0 Å². The van der Waals surface area contributed by atoms with Gasteiger partial charge in [-0.15, -0.1) is 0 Å². The van der Waals surface area contributed by atoms with E-state index in [0.29, 0.717) is 36.0 Å². The molecule has 1 aliphatic carbocycles. The minimum Gasteiger partial charge on any atom is -0.444 e. The number of nitrogens with zero attached hydrogens (tertiary/aromatic N) is 2. The Labute approximate surface area is 205 Å². The molecule has 2 N–H and O–H groups in total. The maximum Gasteiger partial charge on any atom is 0.410 e. The Bertz CT molecular complexity index is 1070. The van der Waals surface area contributed by atoms with Gasteiger partial charge in [-0.2, -0.15) is 0 Å². The van der Waals surface area contributed by atoms with Crippen LogP contribution >= 0.6 is 0 Å². The highest BCUT2D eigenvalue weighted by Gasteiger charge is 2.35. The molecular formula is C26H37FN4O4. The molecule has 192 valence electrons. The van der Waals surface area contributed by atoms with E-state index in [1.54, 1.807) is 32.9 Å². The Morgan fingerprint density at radius 1 is 1.26 bits per heavy atom. The Balaban J connectivity index is 1.66. The van der Waals surface area contributed by atoms with E-state index in [4.69, 9.17) is 9.47 Å². The molecule has 35 heavy (non-hydrogen) atoms. The zero-order valence-corrected chi connectivity index (χ0v) is 21.3. The molecular weight excluding hydrogens is 451 g/mol. The van der Waals surface area contributed by atoms with Crippen molar-refractivity contribution in [2.75, 3.05) is 19.8 Å². The summed E-state index contributed by atoms with van der Waals surface area (Å²) < 4.78 is 27.0. The number of nitrogens with one attached hydrogen (secondary N) is 2. The van der Waals surface area contributed by atoms with Gasteiger partial charge in [0.05, 0.1) is 30.8 Å². The van der Waals surface area contributed by atoms with E-state index in [-0.39, 0.29) is 30.0 Å². The summed E-state index contributed by atoms with van der Waals surface area (Å²) in [6, 6.07) is 2.53. The van der Waals surface area contributed by atoms with Crippen molar-refractivity contribution >= 4 is 23.0 Å². The Kier molecular flexibility index (Phi) is 7.35. The number of morpholine rings is 1. The minimum absolute atomic E-state index is 0.136. The quantitative estimate of drug-likeness (QED) is 0.630. The number of fused-ring (bicyclic) bond motifs is 1. The van der Waals surface area contributed by atoms with Gasteiger partial charge in [0.25, 0.3) is 0 Å². The molecule has 1 saturated carbocycles. The number of amides is 2. The highest BCUT2D eigenvalue weighted by Crippen LogP contribution is 2.37. The lowest BCUT2D eigenvalue weighted by Gasteiger charge is -2.36. The molecule has 2 fully saturated rings. The SMILES string of the molecule is CC(=O)N[C@H](c1nc2c(F)c(C3COCCN3C(=O)OC(C)(C)C)ccc2[nH]1)[C@H]1CC[C@H](C)CC1. The number of hydrogen-bond donors (Lipinski definition) is 2. The molecule has 2 aromatic rings. The minimum atomic E-state index is -0.658. The van der Waals surface area contributed by atoms with Crippen LogP contribution in [-0.2, 0) is 14.3 Å². The van der Waals surface area contributed by atoms with Gasteiger partial charge in [-0.3, -0.25) is 9.69 Å². The van der Waals surface area contributed by atoms with Crippen LogP contribution in [-0.4, -0.2) is 52.2 Å². The number of halogens is 1. The summed E-state index contributed by atoms with van der Waals surface area (Å²) in [5, 5.41) is 3.04. The topological polar surface area (TPSA) is 96.6 Å². The number of H-pyrrole nitrogens is 1. The van der Waals surface area contributed by atoms with Gasteiger partial charge in [0.2, 0.25) is 5.91 Å². The molecule has 0 spiro atoms. The van der Waals surface area contributed by atoms with Crippen LogP contribution in [0.15, 0.2) is 12.1 Å². The van der Waals surface area contributed by atoms with E-state index in [1.807, 2.05) is 0 Å². The predicted octanol–water partition coefficient (Wildman–Crippen LogP) is 5.01. The monoisotopic (exact) mass is 488 g/mol.